The highest BCUT2D eigenvalue weighted by atomic mass is 32.2. The number of benzene rings is 3. The number of carbonyl (C=O) groups is 1. The largest absolute Gasteiger partial charge is 0.462 e. The third-order valence-corrected chi connectivity index (χ3v) is 7.75. The van der Waals surface area contributed by atoms with Crippen molar-refractivity contribution in [2.24, 2.45) is 0 Å². The van der Waals surface area contributed by atoms with Crippen LogP contribution in [0.15, 0.2) is 99.6 Å². The first-order valence-corrected chi connectivity index (χ1v) is 13.1. The maximum atomic E-state index is 12.5. The van der Waals surface area contributed by atoms with Crippen molar-refractivity contribution in [2.45, 2.75) is 73.0 Å². The summed E-state index contributed by atoms with van der Waals surface area (Å²) >= 11 is 0. The number of unbranched alkanes of at least 4 members (excludes halogenated alkanes) is 7. The molecule has 0 aromatic heterocycles. The second kappa shape index (κ2) is 13.8. The molecule has 3 aromatic carbocycles. The Morgan fingerprint density at radius 1 is 0.625 bits per heavy atom. The van der Waals surface area contributed by atoms with Crippen molar-refractivity contribution in [1.82, 2.24) is 0 Å². The molecule has 0 aliphatic carbocycles. The van der Waals surface area contributed by atoms with Gasteiger partial charge in [0.15, 0.2) is 14.7 Å². The highest BCUT2D eigenvalue weighted by molar-refractivity contribution is 7.97. The van der Waals surface area contributed by atoms with Gasteiger partial charge in [0, 0.05) is 0 Å². The first-order chi connectivity index (χ1) is 15.8. The molecule has 0 heterocycles. The van der Waals surface area contributed by atoms with Crippen molar-refractivity contribution in [1.29, 1.82) is 0 Å². The lowest BCUT2D eigenvalue weighted by molar-refractivity contribution is 0.0497. The number of esters is 1. The van der Waals surface area contributed by atoms with E-state index in [2.05, 4.69) is 67.6 Å². The first-order valence-electron chi connectivity index (χ1n) is 11.9. The smallest absolute Gasteiger partial charge is 0.338 e. The minimum atomic E-state index is -0.223. The van der Waals surface area contributed by atoms with Crippen LogP contribution in [0.25, 0.3) is 0 Å². The highest BCUT2D eigenvalue weighted by Gasteiger charge is 2.28. The molecule has 0 unspecified atom stereocenters. The molecule has 32 heavy (non-hydrogen) atoms. The average Bonchev–Trinajstić information content (AvgIpc) is 2.85. The molecule has 168 valence electrons. The summed E-state index contributed by atoms with van der Waals surface area (Å²) in [5.41, 5.74) is 0.623. The Balaban J connectivity index is 1.53. The fraction of sp³-hybridized carbons (Fsp3) is 0.345. The van der Waals surface area contributed by atoms with Crippen LogP contribution in [0.4, 0.5) is 0 Å². The molecule has 0 saturated heterocycles. The lowest BCUT2D eigenvalue weighted by atomic mass is 10.1. The van der Waals surface area contributed by atoms with Crippen LogP contribution in [0, 0.1) is 0 Å². The van der Waals surface area contributed by atoms with Gasteiger partial charge in [-0.2, -0.15) is 0 Å². The van der Waals surface area contributed by atoms with Gasteiger partial charge in [0.25, 0.3) is 0 Å². The molecule has 3 aromatic rings. The van der Waals surface area contributed by atoms with Gasteiger partial charge < -0.3 is 4.74 Å². The maximum absolute atomic E-state index is 12.5. The minimum absolute atomic E-state index is 0.201. The van der Waals surface area contributed by atoms with Gasteiger partial charge in [-0.3, -0.25) is 0 Å². The van der Waals surface area contributed by atoms with Gasteiger partial charge in [-0.15, -0.1) is 0 Å². The maximum Gasteiger partial charge on any atom is 0.338 e. The summed E-state index contributed by atoms with van der Waals surface area (Å²) < 4.78 is 5.51. The summed E-state index contributed by atoms with van der Waals surface area (Å²) in [5, 5.41) is 0. The van der Waals surface area contributed by atoms with Crippen LogP contribution in [0.2, 0.25) is 0 Å². The second-order valence-corrected chi connectivity index (χ2v) is 10.1. The third-order valence-electron chi connectivity index (χ3n) is 5.51. The van der Waals surface area contributed by atoms with E-state index in [1.165, 1.54) is 53.2 Å². The van der Waals surface area contributed by atoms with Crippen molar-refractivity contribution in [3.8, 4) is 0 Å². The molecule has 0 spiro atoms. The Bertz CT molecular complexity index is 867. The molecule has 0 fully saturated rings. The van der Waals surface area contributed by atoms with Gasteiger partial charge in [-0.05, 0) is 55.0 Å². The fourth-order valence-corrected chi connectivity index (χ4v) is 5.82. The van der Waals surface area contributed by atoms with Gasteiger partial charge in [0.2, 0.25) is 0 Å². The van der Waals surface area contributed by atoms with Crippen LogP contribution in [0.5, 0.6) is 0 Å². The molecular formula is C29H35O2S+. The molecule has 0 aliphatic heterocycles. The quantitative estimate of drug-likeness (QED) is 0.150. The van der Waals surface area contributed by atoms with E-state index in [1.807, 2.05) is 24.3 Å². The molecule has 0 N–H and O–H groups in total. The van der Waals surface area contributed by atoms with E-state index >= 15 is 0 Å². The standard InChI is InChI=1S/C29H35O2S/c1-2-3-4-5-6-7-8-15-24-31-29(30)25-20-22-28(23-21-25)32(26-16-11-9-12-17-26)27-18-13-10-14-19-27/h9-14,16-23H,2-8,15,24H2,1H3/q+1. The topological polar surface area (TPSA) is 26.3 Å². The van der Waals surface area contributed by atoms with Crippen molar-refractivity contribution in [3.05, 3.63) is 90.5 Å². The molecule has 0 saturated carbocycles. The van der Waals surface area contributed by atoms with Crippen molar-refractivity contribution in [2.75, 3.05) is 6.61 Å². The Hall–Kier alpha value is -2.52. The zero-order valence-electron chi connectivity index (χ0n) is 19.2. The number of ether oxygens (including phenoxy) is 1. The van der Waals surface area contributed by atoms with Crippen LogP contribution < -0.4 is 0 Å². The summed E-state index contributed by atoms with van der Waals surface area (Å²) in [6, 6.07) is 29.0. The molecule has 0 radical (unpaired) electrons. The zero-order chi connectivity index (χ0) is 22.4. The van der Waals surface area contributed by atoms with E-state index in [4.69, 9.17) is 4.74 Å². The fourth-order valence-electron chi connectivity index (χ4n) is 3.73. The van der Waals surface area contributed by atoms with Crippen LogP contribution in [0.1, 0.15) is 68.6 Å². The number of hydrogen-bond donors (Lipinski definition) is 0. The summed E-state index contributed by atoms with van der Waals surface area (Å²) in [6.07, 6.45) is 9.91. The molecule has 0 aliphatic rings. The van der Waals surface area contributed by atoms with Crippen molar-refractivity contribution in [3.63, 3.8) is 0 Å². The van der Waals surface area contributed by atoms with Gasteiger partial charge in [0.1, 0.15) is 0 Å². The van der Waals surface area contributed by atoms with Crippen LogP contribution >= 0.6 is 0 Å². The molecule has 3 heteroatoms. The Morgan fingerprint density at radius 3 is 1.62 bits per heavy atom. The Kier molecular flexibility index (Phi) is 10.4. The normalized spacial score (nSPS) is 10.9. The van der Waals surface area contributed by atoms with E-state index in [0.717, 1.165) is 12.8 Å². The van der Waals surface area contributed by atoms with Crippen molar-refractivity contribution >= 4 is 16.9 Å². The summed E-state index contributed by atoms with van der Waals surface area (Å²) in [6.45, 7) is 2.75. The molecule has 0 bridgehead atoms. The van der Waals surface area contributed by atoms with Gasteiger partial charge >= 0.3 is 5.97 Å². The average molecular weight is 448 g/mol. The predicted octanol–water partition coefficient (Wildman–Crippen LogP) is 8.08. The number of carbonyl (C=O) groups excluding carboxylic acids is 1. The number of hydrogen-bond acceptors (Lipinski definition) is 2. The van der Waals surface area contributed by atoms with Gasteiger partial charge in [-0.25, -0.2) is 4.79 Å². The summed E-state index contributed by atoms with van der Waals surface area (Å²) in [5.74, 6) is -0.223. The summed E-state index contributed by atoms with van der Waals surface area (Å²) in [4.78, 5) is 16.2. The first kappa shape index (κ1) is 24.1. The van der Waals surface area contributed by atoms with E-state index in [1.54, 1.807) is 0 Å². The SMILES string of the molecule is CCCCCCCCCCOC(=O)c1ccc([S+](c2ccccc2)c2ccccc2)cc1. The monoisotopic (exact) mass is 447 g/mol. The van der Waals surface area contributed by atoms with Gasteiger partial charge in [-0.1, -0.05) is 88.3 Å². The lowest BCUT2D eigenvalue weighted by Crippen LogP contribution is -2.08. The van der Waals surface area contributed by atoms with Crippen molar-refractivity contribution < 1.29 is 9.53 Å². The second-order valence-electron chi connectivity index (χ2n) is 8.07. The van der Waals surface area contributed by atoms with Crippen LogP contribution in [0.3, 0.4) is 0 Å². The Morgan fingerprint density at radius 2 is 1.09 bits per heavy atom. The summed E-state index contributed by atoms with van der Waals surface area (Å²) in [7, 11) is -0.201. The molecule has 0 atom stereocenters. The zero-order valence-corrected chi connectivity index (χ0v) is 20.0. The Labute approximate surface area is 196 Å². The molecular weight excluding hydrogens is 412 g/mol. The van der Waals surface area contributed by atoms with Crippen LogP contribution in [-0.4, -0.2) is 12.6 Å². The van der Waals surface area contributed by atoms with Crippen LogP contribution in [-0.2, 0) is 15.6 Å². The molecule has 0 amide bonds. The van der Waals surface area contributed by atoms with E-state index in [9.17, 15) is 4.79 Å². The highest BCUT2D eigenvalue weighted by Crippen LogP contribution is 2.31. The predicted molar refractivity (Wildman–Crippen MR) is 134 cm³/mol. The van der Waals surface area contributed by atoms with E-state index in [-0.39, 0.29) is 16.9 Å². The van der Waals surface area contributed by atoms with Gasteiger partial charge in [0.05, 0.1) is 23.1 Å². The van der Waals surface area contributed by atoms with E-state index < -0.39 is 0 Å². The molecule has 3 rings (SSSR count). The minimum Gasteiger partial charge on any atom is -0.462 e. The molecule has 2 nitrogen and oxygen atoms in total. The number of rotatable bonds is 13. The lowest BCUT2D eigenvalue weighted by Gasteiger charge is -2.09. The third kappa shape index (κ3) is 7.56. The van der Waals surface area contributed by atoms with E-state index in [0.29, 0.717) is 12.2 Å².